The summed E-state index contributed by atoms with van der Waals surface area (Å²) in [5.74, 6) is 0.779. The van der Waals surface area contributed by atoms with Crippen molar-refractivity contribution in [3.8, 4) is 0 Å². The molecule has 0 aromatic carbocycles. The fraction of sp³-hybridized carbons (Fsp3) is 0.615. The third kappa shape index (κ3) is 6.15. The predicted octanol–water partition coefficient (Wildman–Crippen LogP) is 1.74. The lowest BCUT2D eigenvalue weighted by Crippen LogP contribution is -2.12. The van der Waals surface area contributed by atoms with Crippen molar-refractivity contribution < 1.29 is 14.3 Å². The maximum atomic E-state index is 11.1. The lowest BCUT2D eigenvalue weighted by atomic mass is 10.1. The minimum atomic E-state index is -0.490. The van der Waals surface area contributed by atoms with Crippen LogP contribution in [0.4, 0.5) is 5.82 Å². The zero-order valence-corrected chi connectivity index (χ0v) is 11.7. The van der Waals surface area contributed by atoms with Gasteiger partial charge in [0.15, 0.2) is 5.69 Å². The minimum Gasteiger partial charge on any atom is -0.464 e. The van der Waals surface area contributed by atoms with Crippen molar-refractivity contribution in [1.82, 2.24) is 9.97 Å². The van der Waals surface area contributed by atoms with Crippen molar-refractivity contribution in [2.24, 2.45) is 5.92 Å². The topological polar surface area (TPSA) is 73.3 Å². The lowest BCUT2D eigenvalue weighted by Gasteiger charge is -2.08. The quantitative estimate of drug-likeness (QED) is 0.571. The lowest BCUT2D eigenvalue weighted by molar-refractivity contribution is 0.0593. The highest BCUT2D eigenvalue weighted by Gasteiger charge is 2.06. The minimum absolute atomic E-state index is 0.196. The molecule has 0 aliphatic carbocycles. The van der Waals surface area contributed by atoms with E-state index in [1.165, 1.54) is 19.5 Å². The molecule has 0 spiro atoms. The fourth-order valence-corrected chi connectivity index (χ4v) is 1.30. The zero-order chi connectivity index (χ0) is 14.1. The van der Waals surface area contributed by atoms with Gasteiger partial charge in [0.1, 0.15) is 5.82 Å². The Kier molecular flexibility index (Phi) is 6.81. The smallest absolute Gasteiger partial charge is 0.358 e. The number of aromatic nitrogens is 2. The Bertz CT molecular complexity index is 379. The standard InChI is InChI=1S/C13H21N3O3/c1-10(2)4-6-19-7-5-14-12-9-15-11(8-16-12)13(17)18-3/h8-10H,4-7H2,1-3H3,(H,14,16). The number of anilines is 1. The molecule has 0 fully saturated rings. The Labute approximate surface area is 113 Å². The van der Waals surface area contributed by atoms with Crippen LogP contribution in [0.1, 0.15) is 30.8 Å². The molecule has 1 rings (SSSR count). The Morgan fingerprint density at radius 3 is 2.68 bits per heavy atom. The van der Waals surface area contributed by atoms with Gasteiger partial charge in [0, 0.05) is 13.2 Å². The van der Waals surface area contributed by atoms with Gasteiger partial charge in [0.05, 0.1) is 26.1 Å². The van der Waals surface area contributed by atoms with E-state index in [4.69, 9.17) is 4.74 Å². The molecule has 19 heavy (non-hydrogen) atoms. The van der Waals surface area contributed by atoms with Gasteiger partial charge in [-0.1, -0.05) is 13.8 Å². The monoisotopic (exact) mass is 267 g/mol. The van der Waals surface area contributed by atoms with Crippen molar-refractivity contribution in [2.45, 2.75) is 20.3 Å². The van der Waals surface area contributed by atoms with E-state index < -0.39 is 5.97 Å². The highest BCUT2D eigenvalue weighted by atomic mass is 16.5. The summed E-state index contributed by atoms with van der Waals surface area (Å²) < 4.78 is 10.00. The number of hydrogen-bond acceptors (Lipinski definition) is 6. The highest BCUT2D eigenvalue weighted by Crippen LogP contribution is 2.02. The molecule has 0 atom stereocenters. The molecular weight excluding hydrogens is 246 g/mol. The molecule has 106 valence electrons. The SMILES string of the molecule is COC(=O)c1cnc(NCCOCCC(C)C)cn1. The molecule has 0 bridgehead atoms. The first-order chi connectivity index (χ1) is 9.13. The number of nitrogens with one attached hydrogen (secondary N) is 1. The van der Waals surface area contributed by atoms with Crippen LogP contribution < -0.4 is 5.32 Å². The number of carbonyl (C=O) groups is 1. The molecule has 1 N–H and O–H groups in total. The summed E-state index contributed by atoms with van der Waals surface area (Å²) in [5.41, 5.74) is 0.196. The van der Waals surface area contributed by atoms with Crippen LogP contribution in [-0.4, -0.2) is 42.8 Å². The van der Waals surface area contributed by atoms with Gasteiger partial charge in [-0.3, -0.25) is 0 Å². The second-order valence-corrected chi connectivity index (χ2v) is 4.50. The summed E-state index contributed by atoms with van der Waals surface area (Å²) in [4.78, 5) is 19.2. The molecule has 6 heteroatoms. The summed E-state index contributed by atoms with van der Waals surface area (Å²) in [6.07, 6.45) is 3.95. The van der Waals surface area contributed by atoms with Crippen molar-refractivity contribution in [2.75, 3.05) is 32.2 Å². The van der Waals surface area contributed by atoms with Gasteiger partial charge in [0.25, 0.3) is 0 Å². The van der Waals surface area contributed by atoms with Crippen LogP contribution in [0.3, 0.4) is 0 Å². The molecule has 0 amide bonds. The average molecular weight is 267 g/mol. The van der Waals surface area contributed by atoms with Crippen LogP contribution in [-0.2, 0) is 9.47 Å². The molecule has 1 aromatic rings. The number of ether oxygens (including phenoxy) is 2. The van der Waals surface area contributed by atoms with E-state index in [0.717, 1.165) is 13.0 Å². The highest BCUT2D eigenvalue weighted by molar-refractivity contribution is 5.86. The predicted molar refractivity (Wildman–Crippen MR) is 72.1 cm³/mol. The van der Waals surface area contributed by atoms with Crippen LogP contribution in [0.25, 0.3) is 0 Å². The second-order valence-electron chi connectivity index (χ2n) is 4.50. The fourth-order valence-electron chi connectivity index (χ4n) is 1.30. The molecular formula is C13H21N3O3. The van der Waals surface area contributed by atoms with Gasteiger partial charge < -0.3 is 14.8 Å². The number of hydrogen-bond donors (Lipinski definition) is 1. The first kappa shape index (κ1) is 15.4. The molecule has 0 saturated carbocycles. The maximum Gasteiger partial charge on any atom is 0.358 e. The molecule has 1 aromatic heterocycles. The Morgan fingerprint density at radius 2 is 2.11 bits per heavy atom. The first-order valence-corrected chi connectivity index (χ1v) is 6.35. The number of rotatable bonds is 8. The second kappa shape index (κ2) is 8.42. The molecule has 0 aliphatic rings. The van der Waals surface area contributed by atoms with Crippen LogP contribution in [0, 0.1) is 5.92 Å². The maximum absolute atomic E-state index is 11.1. The number of nitrogens with zero attached hydrogens (tertiary/aromatic N) is 2. The summed E-state index contributed by atoms with van der Waals surface area (Å²) in [6, 6.07) is 0. The van der Waals surface area contributed by atoms with E-state index in [1.807, 2.05) is 0 Å². The largest absolute Gasteiger partial charge is 0.464 e. The van der Waals surface area contributed by atoms with E-state index >= 15 is 0 Å². The van der Waals surface area contributed by atoms with E-state index in [2.05, 4.69) is 33.9 Å². The van der Waals surface area contributed by atoms with Crippen LogP contribution in [0.5, 0.6) is 0 Å². The van der Waals surface area contributed by atoms with Crippen molar-refractivity contribution >= 4 is 11.8 Å². The summed E-state index contributed by atoms with van der Waals surface area (Å²) >= 11 is 0. The third-order valence-corrected chi connectivity index (χ3v) is 2.44. The Morgan fingerprint density at radius 1 is 1.32 bits per heavy atom. The normalized spacial score (nSPS) is 10.5. The van der Waals surface area contributed by atoms with Crippen LogP contribution >= 0.6 is 0 Å². The first-order valence-electron chi connectivity index (χ1n) is 6.35. The molecule has 0 saturated heterocycles. The van der Waals surface area contributed by atoms with Gasteiger partial charge >= 0.3 is 5.97 Å². The van der Waals surface area contributed by atoms with E-state index in [-0.39, 0.29) is 5.69 Å². The van der Waals surface area contributed by atoms with Gasteiger partial charge in [-0.25, -0.2) is 14.8 Å². The summed E-state index contributed by atoms with van der Waals surface area (Å²) in [5, 5.41) is 3.07. The van der Waals surface area contributed by atoms with Gasteiger partial charge in [-0.2, -0.15) is 0 Å². The number of methoxy groups -OCH3 is 1. The molecule has 6 nitrogen and oxygen atoms in total. The molecule has 0 unspecified atom stereocenters. The summed E-state index contributed by atoms with van der Waals surface area (Å²) in [7, 11) is 1.31. The van der Waals surface area contributed by atoms with E-state index in [0.29, 0.717) is 24.9 Å². The van der Waals surface area contributed by atoms with Crippen molar-refractivity contribution in [1.29, 1.82) is 0 Å². The Hall–Kier alpha value is -1.69. The van der Waals surface area contributed by atoms with Crippen LogP contribution in [0.15, 0.2) is 12.4 Å². The van der Waals surface area contributed by atoms with Crippen molar-refractivity contribution in [3.05, 3.63) is 18.1 Å². The number of carbonyl (C=O) groups excluding carboxylic acids is 1. The molecule has 1 heterocycles. The number of esters is 1. The van der Waals surface area contributed by atoms with Gasteiger partial charge in [0.2, 0.25) is 0 Å². The average Bonchev–Trinajstić information content (AvgIpc) is 2.42. The molecule has 0 radical (unpaired) electrons. The van der Waals surface area contributed by atoms with E-state index in [9.17, 15) is 4.79 Å². The van der Waals surface area contributed by atoms with E-state index in [1.54, 1.807) is 0 Å². The van der Waals surface area contributed by atoms with Crippen molar-refractivity contribution in [3.63, 3.8) is 0 Å². The van der Waals surface area contributed by atoms with Gasteiger partial charge in [-0.05, 0) is 12.3 Å². The molecule has 0 aliphatic heterocycles. The summed E-state index contributed by atoms with van der Waals surface area (Å²) in [6.45, 7) is 6.38. The van der Waals surface area contributed by atoms with Crippen LogP contribution in [0.2, 0.25) is 0 Å². The Balaban J connectivity index is 2.21. The van der Waals surface area contributed by atoms with Gasteiger partial charge in [-0.15, -0.1) is 0 Å². The third-order valence-electron chi connectivity index (χ3n) is 2.44. The zero-order valence-electron chi connectivity index (χ0n) is 11.7.